The highest BCUT2D eigenvalue weighted by molar-refractivity contribution is 6.42. The van der Waals surface area contributed by atoms with E-state index in [9.17, 15) is 9.59 Å². The van der Waals surface area contributed by atoms with Gasteiger partial charge < -0.3 is 14.5 Å². The number of likely N-dealkylation sites (N-methyl/N-ethyl adjacent to an activating group) is 1. The van der Waals surface area contributed by atoms with E-state index in [2.05, 4.69) is 4.90 Å². The molecule has 1 spiro atoms. The molecule has 3 aromatic carbocycles. The Hall–Kier alpha value is -2.57. The predicted octanol–water partition coefficient (Wildman–Crippen LogP) is 6.82. The van der Waals surface area contributed by atoms with Crippen LogP contribution in [0, 0.1) is 0 Å². The second-order valence-electron chi connectivity index (χ2n) is 9.98. The van der Waals surface area contributed by atoms with Crippen LogP contribution in [0.4, 0.5) is 0 Å². The fourth-order valence-corrected chi connectivity index (χ4v) is 5.84. The molecule has 5 rings (SSSR count). The van der Waals surface area contributed by atoms with Gasteiger partial charge in [-0.3, -0.25) is 4.79 Å². The third-order valence-corrected chi connectivity index (χ3v) is 8.40. The Balaban J connectivity index is 0.00000336. The molecule has 1 fully saturated rings. The van der Waals surface area contributed by atoms with Gasteiger partial charge in [-0.15, -0.1) is 12.4 Å². The Morgan fingerprint density at radius 2 is 1.68 bits per heavy atom. The van der Waals surface area contributed by atoms with Crippen LogP contribution in [0.1, 0.15) is 57.0 Å². The summed E-state index contributed by atoms with van der Waals surface area (Å²) >= 11 is 12.5. The predicted molar refractivity (Wildman–Crippen MR) is 154 cm³/mol. The molecule has 5 nitrogen and oxygen atoms in total. The maximum Gasteiger partial charge on any atom is 0.339 e. The van der Waals surface area contributed by atoms with Crippen molar-refractivity contribution >= 4 is 47.5 Å². The zero-order valence-corrected chi connectivity index (χ0v) is 23.6. The van der Waals surface area contributed by atoms with E-state index in [1.54, 1.807) is 4.90 Å². The average Bonchev–Trinajstić information content (AvgIpc) is 3.20. The first-order chi connectivity index (χ1) is 17.9. The number of benzene rings is 3. The molecule has 0 radical (unpaired) electrons. The number of hydrogen-bond donors (Lipinski definition) is 0. The lowest BCUT2D eigenvalue weighted by atomic mass is 9.83. The highest BCUT2D eigenvalue weighted by Crippen LogP contribution is 2.44. The molecule has 2 aliphatic heterocycles. The molecule has 200 valence electrons. The topological polar surface area (TPSA) is 49.9 Å². The van der Waals surface area contributed by atoms with E-state index in [1.165, 1.54) is 0 Å². The number of nitrogens with zero attached hydrogens (tertiary/aromatic N) is 2. The molecule has 2 aliphatic rings. The molecule has 0 aliphatic carbocycles. The van der Waals surface area contributed by atoms with E-state index in [-0.39, 0.29) is 30.2 Å². The first-order valence-corrected chi connectivity index (χ1v) is 13.4. The average molecular weight is 574 g/mol. The molecule has 0 aromatic heterocycles. The number of halogens is 3. The molecule has 0 saturated carbocycles. The first-order valence-electron chi connectivity index (χ1n) is 12.7. The van der Waals surface area contributed by atoms with Gasteiger partial charge in [0.15, 0.2) is 0 Å². The number of rotatable bonds is 7. The summed E-state index contributed by atoms with van der Waals surface area (Å²) in [7, 11) is 1.84. The van der Waals surface area contributed by atoms with Crippen LogP contribution in [0.3, 0.4) is 0 Å². The number of amides is 1. The Morgan fingerprint density at radius 3 is 2.39 bits per heavy atom. The van der Waals surface area contributed by atoms with Crippen LogP contribution in [0.25, 0.3) is 0 Å². The summed E-state index contributed by atoms with van der Waals surface area (Å²) in [6.45, 7) is 3.11. The molecular weight excluding hydrogens is 543 g/mol. The minimum absolute atomic E-state index is 0. The number of piperidine rings is 1. The molecule has 1 amide bonds. The molecule has 1 unspecified atom stereocenters. The van der Waals surface area contributed by atoms with Crippen LogP contribution >= 0.6 is 35.6 Å². The normalized spacial score (nSPS) is 16.9. The molecule has 3 aromatic rings. The second-order valence-corrected chi connectivity index (χ2v) is 10.8. The van der Waals surface area contributed by atoms with Crippen molar-refractivity contribution in [3.05, 3.63) is 105 Å². The lowest BCUT2D eigenvalue weighted by Crippen LogP contribution is -2.43. The zero-order chi connectivity index (χ0) is 26.0. The monoisotopic (exact) mass is 572 g/mol. The van der Waals surface area contributed by atoms with Crippen LogP contribution < -0.4 is 0 Å². The number of hydrogen-bond acceptors (Lipinski definition) is 4. The Morgan fingerprint density at radius 1 is 1.00 bits per heavy atom. The Kier molecular flexibility index (Phi) is 9.04. The van der Waals surface area contributed by atoms with Crippen LogP contribution in [0.2, 0.25) is 10.0 Å². The van der Waals surface area contributed by atoms with Gasteiger partial charge in [0.2, 0.25) is 0 Å². The molecule has 1 saturated heterocycles. The number of fused-ring (bicyclic) bond motifs is 2. The fourth-order valence-electron chi connectivity index (χ4n) is 5.54. The van der Waals surface area contributed by atoms with Crippen molar-refractivity contribution in [2.75, 3.05) is 33.2 Å². The number of carbonyl (C=O) groups is 2. The van der Waals surface area contributed by atoms with Gasteiger partial charge in [-0.1, -0.05) is 65.7 Å². The lowest BCUT2D eigenvalue weighted by molar-refractivity contribution is -0.0431. The summed E-state index contributed by atoms with van der Waals surface area (Å²) in [5, 5.41) is 1.04. The number of esters is 1. The summed E-state index contributed by atoms with van der Waals surface area (Å²) in [6.07, 6.45) is 2.41. The van der Waals surface area contributed by atoms with E-state index in [1.807, 2.05) is 79.8 Å². The van der Waals surface area contributed by atoms with E-state index < -0.39 is 5.60 Å². The van der Waals surface area contributed by atoms with Gasteiger partial charge in [0.25, 0.3) is 5.91 Å². The standard InChI is InChI=1S/C30H30Cl2N2O3.ClH/c1-33(28(35)21-7-3-2-4-8-21)20-23(22-11-12-26(31)27(32)19-22)13-16-34-17-14-30(15-18-34)25-10-6-5-9-24(25)29(36)37-30;/h2-12,19,23H,13-18,20H2,1H3;1H. The summed E-state index contributed by atoms with van der Waals surface area (Å²) in [6, 6.07) is 22.8. The molecule has 1 atom stereocenters. The second kappa shape index (κ2) is 12.1. The van der Waals surface area contributed by atoms with Crippen molar-refractivity contribution in [3.63, 3.8) is 0 Å². The van der Waals surface area contributed by atoms with Crippen LogP contribution in [0.15, 0.2) is 72.8 Å². The zero-order valence-electron chi connectivity index (χ0n) is 21.2. The molecular formula is C30H31Cl3N2O3. The molecule has 8 heteroatoms. The van der Waals surface area contributed by atoms with E-state index in [0.29, 0.717) is 27.7 Å². The minimum atomic E-state index is -0.504. The highest BCUT2D eigenvalue weighted by atomic mass is 35.5. The molecule has 0 N–H and O–H groups in total. The lowest BCUT2D eigenvalue weighted by Gasteiger charge is -2.39. The SMILES string of the molecule is CN(CC(CCN1CCC2(CC1)OC(=O)c1ccccc12)c1ccc(Cl)c(Cl)c1)C(=O)c1ccccc1.Cl. The van der Waals surface area contributed by atoms with Crippen molar-refractivity contribution < 1.29 is 14.3 Å². The van der Waals surface area contributed by atoms with Crippen molar-refractivity contribution in [2.45, 2.75) is 30.8 Å². The summed E-state index contributed by atoms with van der Waals surface area (Å²) in [5.74, 6) is -0.129. The summed E-state index contributed by atoms with van der Waals surface area (Å²) < 4.78 is 5.91. The number of likely N-dealkylation sites (tertiary alicyclic amines) is 1. The van der Waals surface area contributed by atoms with Gasteiger partial charge in [-0.25, -0.2) is 4.79 Å². The quantitative estimate of drug-likeness (QED) is 0.291. The van der Waals surface area contributed by atoms with Crippen LogP contribution in [-0.4, -0.2) is 54.9 Å². The third-order valence-electron chi connectivity index (χ3n) is 7.66. The summed E-state index contributed by atoms with van der Waals surface area (Å²) in [4.78, 5) is 29.7. The van der Waals surface area contributed by atoms with Gasteiger partial charge in [-0.05, 0) is 48.9 Å². The molecule has 2 heterocycles. The molecule has 0 bridgehead atoms. The Labute approximate surface area is 240 Å². The van der Waals surface area contributed by atoms with Gasteiger partial charge >= 0.3 is 5.97 Å². The smallest absolute Gasteiger partial charge is 0.339 e. The number of carbonyl (C=O) groups excluding carboxylic acids is 2. The largest absolute Gasteiger partial charge is 0.450 e. The maximum atomic E-state index is 13.0. The van der Waals surface area contributed by atoms with E-state index >= 15 is 0 Å². The number of ether oxygens (including phenoxy) is 1. The Bertz CT molecular complexity index is 1290. The van der Waals surface area contributed by atoms with Gasteiger partial charge in [0.1, 0.15) is 5.60 Å². The van der Waals surface area contributed by atoms with E-state index in [0.717, 1.165) is 50.0 Å². The van der Waals surface area contributed by atoms with E-state index in [4.69, 9.17) is 27.9 Å². The van der Waals surface area contributed by atoms with Gasteiger partial charge in [-0.2, -0.15) is 0 Å². The van der Waals surface area contributed by atoms with Crippen molar-refractivity contribution in [2.24, 2.45) is 0 Å². The fraction of sp³-hybridized carbons (Fsp3) is 0.333. The van der Waals surface area contributed by atoms with Gasteiger partial charge in [0.05, 0.1) is 15.6 Å². The maximum absolute atomic E-state index is 13.0. The van der Waals surface area contributed by atoms with Crippen LogP contribution in [0.5, 0.6) is 0 Å². The third kappa shape index (κ3) is 5.86. The van der Waals surface area contributed by atoms with Crippen molar-refractivity contribution in [1.29, 1.82) is 0 Å². The summed E-state index contributed by atoms with van der Waals surface area (Å²) in [5.41, 5.74) is 2.95. The first kappa shape index (κ1) is 28.4. The van der Waals surface area contributed by atoms with Gasteiger partial charge in [0, 0.05) is 56.6 Å². The highest BCUT2D eigenvalue weighted by Gasteiger charge is 2.47. The molecule has 38 heavy (non-hydrogen) atoms. The minimum Gasteiger partial charge on any atom is -0.450 e. The van der Waals surface area contributed by atoms with Crippen LogP contribution in [-0.2, 0) is 10.3 Å². The van der Waals surface area contributed by atoms with Crippen molar-refractivity contribution in [1.82, 2.24) is 9.80 Å². The van der Waals surface area contributed by atoms with Crippen molar-refractivity contribution in [3.8, 4) is 0 Å².